The molecule has 2 saturated carbocycles. The van der Waals surface area contributed by atoms with Gasteiger partial charge in [-0.05, 0) is 45.2 Å². The highest BCUT2D eigenvalue weighted by molar-refractivity contribution is 6.39. The van der Waals surface area contributed by atoms with Gasteiger partial charge < -0.3 is 14.6 Å². The summed E-state index contributed by atoms with van der Waals surface area (Å²) in [5.41, 5.74) is 1.36. The summed E-state index contributed by atoms with van der Waals surface area (Å²) in [5, 5.41) is 8.11. The Morgan fingerprint density at radius 1 is 1.37 bits per heavy atom. The van der Waals surface area contributed by atoms with Crippen LogP contribution in [0.4, 0.5) is 0 Å². The zero-order chi connectivity index (χ0) is 19.2. The fraction of sp³-hybridized carbons (Fsp3) is 0.500. The van der Waals surface area contributed by atoms with Crippen LogP contribution in [0.15, 0.2) is 22.7 Å². The van der Waals surface area contributed by atoms with Crippen molar-refractivity contribution in [2.45, 2.75) is 51.7 Å². The first-order valence-electron chi connectivity index (χ1n) is 9.31. The third-order valence-electron chi connectivity index (χ3n) is 6.03. The standard InChI is InChI=1S/C20H22Cl2N2O3/c1-3-26-15-10-14(20(15)8-5-9-20)23-19(25)16-11(2)27-24-18(16)17-12(21)6-4-7-13(17)22/h4,6-7,14-15H,3,5,8-10H2,1-2H3,(H,23,25). The van der Waals surface area contributed by atoms with Gasteiger partial charge in [0.1, 0.15) is 17.0 Å². The van der Waals surface area contributed by atoms with Gasteiger partial charge in [-0.3, -0.25) is 4.79 Å². The lowest BCUT2D eigenvalue weighted by Gasteiger charge is -2.60. The molecule has 0 bridgehead atoms. The van der Waals surface area contributed by atoms with Gasteiger partial charge in [-0.2, -0.15) is 0 Å². The summed E-state index contributed by atoms with van der Waals surface area (Å²) in [7, 11) is 0. The van der Waals surface area contributed by atoms with Crippen LogP contribution in [0.1, 0.15) is 48.7 Å². The van der Waals surface area contributed by atoms with Crippen molar-refractivity contribution in [3.8, 4) is 11.3 Å². The maximum atomic E-state index is 13.1. The van der Waals surface area contributed by atoms with E-state index in [1.54, 1.807) is 25.1 Å². The molecular weight excluding hydrogens is 387 g/mol. The molecular formula is C20H22Cl2N2O3. The summed E-state index contributed by atoms with van der Waals surface area (Å²) in [6.45, 7) is 4.43. The van der Waals surface area contributed by atoms with Gasteiger partial charge in [0.2, 0.25) is 0 Å². The first kappa shape index (κ1) is 18.8. The number of rotatable bonds is 5. The van der Waals surface area contributed by atoms with Crippen LogP contribution in [0.25, 0.3) is 11.3 Å². The minimum absolute atomic E-state index is 0.0823. The molecule has 2 aromatic rings. The van der Waals surface area contributed by atoms with E-state index in [1.165, 1.54) is 6.42 Å². The van der Waals surface area contributed by atoms with E-state index in [9.17, 15) is 4.79 Å². The minimum Gasteiger partial charge on any atom is -0.378 e. The number of aromatic nitrogens is 1. The summed E-state index contributed by atoms with van der Waals surface area (Å²) in [6, 6.07) is 5.30. The van der Waals surface area contributed by atoms with Crippen molar-refractivity contribution in [2.75, 3.05) is 6.61 Å². The number of hydrogen-bond donors (Lipinski definition) is 1. The molecule has 0 saturated heterocycles. The van der Waals surface area contributed by atoms with Crippen molar-refractivity contribution >= 4 is 29.1 Å². The molecule has 1 N–H and O–H groups in total. The molecule has 27 heavy (non-hydrogen) atoms. The quantitative estimate of drug-likeness (QED) is 0.752. The van der Waals surface area contributed by atoms with Crippen LogP contribution < -0.4 is 5.32 Å². The number of carbonyl (C=O) groups is 1. The molecule has 1 aromatic carbocycles. The van der Waals surface area contributed by atoms with Crippen LogP contribution in [-0.2, 0) is 4.74 Å². The van der Waals surface area contributed by atoms with Crippen molar-refractivity contribution in [2.24, 2.45) is 5.41 Å². The molecule has 5 nitrogen and oxygen atoms in total. The van der Waals surface area contributed by atoms with Crippen molar-refractivity contribution in [3.63, 3.8) is 0 Å². The Morgan fingerprint density at radius 2 is 2.07 bits per heavy atom. The number of hydrogen-bond acceptors (Lipinski definition) is 4. The minimum atomic E-state index is -0.203. The monoisotopic (exact) mass is 408 g/mol. The van der Waals surface area contributed by atoms with Crippen LogP contribution in [0.3, 0.4) is 0 Å². The number of nitrogens with one attached hydrogen (secondary N) is 1. The maximum absolute atomic E-state index is 13.1. The predicted octanol–water partition coefficient (Wildman–Crippen LogP) is 5.03. The van der Waals surface area contributed by atoms with E-state index in [0.29, 0.717) is 39.2 Å². The van der Waals surface area contributed by atoms with Gasteiger partial charge in [-0.1, -0.05) is 40.8 Å². The number of aryl methyl sites for hydroxylation is 1. The molecule has 2 fully saturated rings. The van der Waals surface area contributed by atoms with E-state index in [2.05, 4.69) is 10.5 Å². The van der Waals surface area contributed by atoms with Crippen molar-refractivity contribution in [1.82, 2.24) is 10.5 Å². The van der Waals surface area contributed by atoms with E-state index in [1.807, 2.05) is 6.92 Å². The lowest BCUT2D eigenvalue weighted by atomic mass is 9.51. The molecule has 2 aliphatic rings. The Hall–Kier alpha value is -1.56. The van der Waals surface area contributed by atoms with E-state index >= 15 is 0 Å². The SMILES string of the molecule is CCOC1CC(NC(=O)c2c(-c3c(Cl)cccc3Cl)noc2C)C12CCC2. The van der Waals surface area contributed by atoms with E-state index in [4.69, 9.17) is 32.5 Å². The summed E-state index contributed by atoms with van der Waals surface area (Å²) >= 11 is 12.6. The van der Waals surface area contributed by atoms with Gasteiger partial charge in [0.05, 0.1) is 16.1 Å². The lowest BCUT2D eigenvalue weighted by molar-refractivity contribution is -0.169. The maximum Gasteiger partial charge on any atom is 0.257 e. The fourth-order valence-corrected chi connectivity index (χ4v) is 4.98. The van der Waals surface area contributed by atoms with E-state index < -0.39 is 0 Å². The summed E-state index contributed by atoms with van der Waals surface area (Å²) < 4.78 is 11.2. The summed E-state index contributed by atoms with van der Waals surface area (Å²) in [6.07, 6.45) is 4.44. The van der Waals surface area contributed by atoms with E-state index in [-0.39, 0.29) is 23.5 Å². The Kier molecular flexibility index (Phi) is 4.95. The molecule has 1 spiro atoms. The third kappa shape index (κ3) is 2.96. The number of amides is 1. The normalized spacial score (nSPS) is 23.0. The molecule has 2 aliphatic carbocycles. The fourth-order valence-electron chi connectivity index (χ4n) is 4.41. The second-order valence-corrected chi connectivity index (χ2v) is 8.17. The lowest BCUT2D eigenvalue weighted by Crippen LogP contribution is -2.67. The number of benzene rings is 1. The van der Waals surface area contributed by atoms with Gasteiger partial charge in [-0.15, -0.1) is 0 Å². The third-order valence-corrected chi connectivity index (χ3v) is 6.66. The summed E-state index contributed by atoms with van der Waals surface area (Å²) in [4.78, 5) is 13.1. The molecule has 7 heteroatoms. The molecule has 4 rings (SSSR count). The van der Waals surface area contributed by atoms with Gasteiger partial charge in [-0.25, -0.2) is 0 Å². The Labute approximate surface area is 168 Å². The Bertz CT molecular complexity index is 856. The van der Waals surface area contributed by atoms with Crippen LogP contribution in [0.5, 0.6) is 0 Å². The number of ether oxygens (including phenoxy) is 1. The average Bonchev–Trinajstić information content (AvgIpc) is 2.93. The Balaban J connectivity index is 1.60. The highest BCUT2D eigenvalue weighted by Gasteiger charge is 2.59. The molecule has 1 amide bonds. The molecule has 0 aliphatic heterocycles. The first-order chi connectivity index (χ1) is 13.0. The topological polar surface area (TPSA) is 64.4 Å². The number of halogens is 2. The molecule has 2 atom stereocenters. The molecule has 1 heterocycles. The highest BCUT2D eigenvalue weighted by Crippen LogP contribution is 2.57. The first-order valence-corrected chi connectivity index (χ1v) is 10.1. The molecule has 144 valence electrons. The second kappa shape index (κ2) is 7.12. The smallest absolute Gasteiger partial charge is 0.257 e. The van der Waals surface area contributed by atoms with Crippen molar-refractivity contribution in [1.29, 1.82) is 0 Å². The zero-order valence-corrected chi connectivity index (χ0v) is 16.9. The van der Waals surface area contributed by atoms with Gasteiger partial charge >= 0.3 is 0 Å². The highest BCUT2D eigenvalue weighted by atomic mass is 35.5. The van der Waals surface area contributed by atoms with Crippen LogP contribution in [-0.4, -0.2) is 29.8 Å². The Morgan fingerprint density at radius 3 is 2.67 bits per heavy atom. The largest absolute Gasteiger partial charge is 0.378 e. The van der Waals surface area contributed by atoms with Gasteiger partial charge in [0.15, 0.2) is 0 Å². The molecule has 0 radical (unpaired) electrons. The van der Waals surface area contributed by atoms with Crippen LogP contribution in [0, 0.1) is 12.3 Å². The van der Waals surface area contributed by atoms with Crippen LogP contribution in [0.2, 0.25) is 10.0 Å². The van der Waals surface area contributed by atoms with Crippen molar-refractivity contribution in [3.05, 3.63) is 39.6 Å². The number of nitrogens with zero attached hydrogens (tertiary/aromatic N) is 1. The van der Waals surface area contributed by atoms with E-state index in [0.717, 1.165) is 19.3 Å². The molecule has 2 unspecified atom stereocenters. The predicted molar refractivity (Wildman–Crippen MR) is 104 cm³/mol. The zero-order valence-electron chi connectivity index (χ0n) is 15.4. The van der Waals surface area contributed by atoms with Crippen molar-refractivity contribution < 1.29 is 14.1 Å². The molecule has 1 aromatic heterocycles. The number of carbonyl (C=O) groups excluding carboxylic acids is 1. The van der Waals surface area contributed by atoms with Gasteiger partial charge in [0, 0.05) is 23.6 Å². The second-order valence-electron chi connectivity index (χ2n) is 7.35. The van der Waals surface area contributed by atoms with Gasteiger partial charge in [0.25, 0.3) is 5.91 Å². The summed E-state index contributed by atoms with van der Waals surface area (Å²) in [5.74, 6) is 0.243. The van der Waals surface area contributed by atoms with Crippen LogP contribution >= 0.6 is 23.2 Å². The average molecular weight is 409 g/mol.